The molecule has 1 saturated heterocycles. The van der Waals surface area contributed by atoms with Crippen molar-refractivity contribution in [1.82, 2.24) is 0 Å². The lowest BCUT2D eigenvalue weighted by Gasteiger charge is -2.18. The van der Waals surface area contributed by atoms with Gasteiger partial charge in [-0.3, -0.25) is 0 Å². The predicted molar refractivity (Wildman–Crippen MR) is 35.3 cm³/mol. The van der Waals surface area contributed by atoms with Crippen LogP contribution in [0.4, 0.5) is 0 Å². The van der Waals surface area contributed by atoms with Crippen LogP contribution in [0.25, 0.3) is 0 Å². The van der Waals surface area contributed by atoms with Gasteiger partial charge in [-0.15, -0.1) is 0 Å². The largest absolute Gasteiger partial charge is 0.431 e. The summed E-state index contributed by atoms with van der Waals surface area (Å²) >= 11 is 0. The number of carbonyl (C=O) groups is 1. The summed E-state index contributed by atoms with van der Waals surface area (Å²) in [6.07, 6.45) is 0.299. The Bertz CT molecular complexity index is 155. The molecular formula is C7H12O3. The van der Waals surface area contributed by atoms with E-state index in [1.165, 1.54) is 0 Å². The maximum Gasteiger partial charge on any atom is 0.337 e. The number of ether oxygens (including phenoxy) is 2. The van der Waals surface area contributed by atoms with E-state index < -0.39 is 11.9 Å². The molecule has 0 aromatic carbocycles. The Kier molecular flexibility index (Phi) is 1.68. The topological polar surface area (TPSA) is 35.5 Å². The zero-order valence-corrected chi connectivity index (χ0v) is 6.51. The highest BCUT2D eigenvalue weighted by Gasteiger charge is 2.40. The molecule has 0 amide bonds. The van der Waals surface area contributed by atoms with Crippen LogP contribution in [0.2, 0.25) is 0 Å². The fourth-order valence-corrected chi connectivity index (χ4v) is 0.897. The fraction of sp³-hybridized carbons (Fsp3) is 0.857. The second-order valence-corrected chi connectivity index (χ2v) is 2.67. The predicted octanol–water partition coefficient (Wildman–Crippen LogP) is 1.07. The van der Waals surface area contributed by atoms with Gasteiger partial charge < -0.3 is 9.47 Å². The molecule has 0 aromatic rings. The second kappa shape index (κ2) is 2.23. The second-order valence-electron chi connectivity index (χ2n) is 2.67. The van der Waals surface area contributed by atoms with Crippen molar-refractivity contribution in [1.29, 1.82) is 0 Å². The Morgan fingerprint density at radius 1 is 1.70 bits per heavy atom. The molecule has 1 rings (SSSR count). The lowest BCUT2D eigenvalue weighted by atomic mass is 10.2. The zero-order chi connectivity index (χ0) is 7.78. The van der Waals surface area contributed by atoms with Crippen molar-refractivity contribution in [3.8, 4) is 0 Å². The Hall–Kier alpha value is -0.570. The fourth-order valence-electron chi connectivity index (χ4n) is 0.897. The van der Waals surface area contributed by atoms with Crippen molar-refractivity contribution in [2.24, 2.45) is 0 Å². The molecule has 0 saturated carbocycles. The maximum absolute atomic E-state index is 10.8. The molecule has 0 spiro atoms. The highest BCUT2D eigenvalue weighted by Crippen LogP contribution is 2.26. The minimum absolute atomic E-state index is 0.260. The average molecular weight is 144 g/mol. The third-order valence-corrected chi connectivity index (χ3v) is 1.72. The minimum atomic E-state index is -0.670. The number of hydrogen-bond acceptors (Lipinski definition) is 3. The lowest BCUT2D eigenvalue weighted by molar-refractivity contribution is -0.168. The quantitative estimate of drug-likeness (QED) is 0.516. The van der Waals surface area contributed by atoms with Crippen LogP contribution in [-0.4, -0.2) is 17.9 Å². The SMILES string of the molecule is CCC1(C)OC(=O)[C@H](C)O1. The first kappa shape index (κ1) is 7.54. The molecule has 10 heavy (non-hydrogen) atoms. The van der Waals surface area contributed by atoms with Crippen LogP contribution >= 0.6 is 0 Å². The summed E-state index contributed by atoms with van der Waals surface area (Å²) in [7, 11) is 0. The van der Waals surface area contributed by atoms with E-state index >= 15 is 0 Å². The van der Waals surface area contributed by atoms with E-state index in [2.05, 4.69) is 0 Å². The van der Waals surface area contributed by atoms with Crippen LogP contribution in [-0.2, 0) is 14.3 Å². The number of carbonyl (C=O) groups excluding carboxylic acids is 1. The van der Waals surface area contributed by atoms with E-state index in [9.17, 15) is 4.79 Å². The number of hydrogen-bond donors (Lipinski definition) is 0. The Morgan fingerprint density at radius 3 is 2.50 bits per heavy atom. The molecule has 1 unspecified atom stereocenters. The first-order chi connectivity index (χ1) is 4.57. The van der Waals surface area contributed by atoms with Crippen LogP contribution in [0.1, 0.15) is 27.2 Å². The third kappa shape index (κ3) is 1.14. The zero-order valence-electron chi connectivity index (χ0n) is 6.51. The molecule has 0 bridgehead atoms. The molecule has 58 valence electrons. The van der Waals surface area contributed by atoms with Gasteiger partial charge in [0.2, 0.25) is 5.79 Å². The number of esters is 1. The molecule has 1 aliphatic heterocycles. The monoisotopic (exact) mass is 144 g/mol. The molecule has 2 atom stereocenters. The average Bonchev–Trinajstić information content (AvgIpc) is 2.10. The molecule has 1 fully saturated rings. The van der Waals surface area contributed by atoms with Crippen LogP contribution in [0.5, 0.6) is 0 Å². The number of rotatable bonds is 1. The van der Waals surface area contributed by atoms with Gasteiger partial charge in [0.15, 0.2) is 6.10 Å². The van der Waals surface area contributed by atoms with Gasteiger partial charge in [-0.25, -0.2) is 4.79 Å². The van der Waals surface area contributed by atoms with Gasteiger partial charge in [-0.1, -0.05) is 6.92 Å². The summed E-state index contributed by atoms with van der Waals surface area (Å²) < 4.78 is 10.2. The van der Waals surface area contributed by atoms with Crippen molar-refractivity contribution in [2.75, 3.05) is 0 Å². The minimum Gasteiger partial charge on any atom is -0.431 e. The van der Waals surface area contributed by atoms with E-state index in [4.69, 9.17) is 9.47 Å². The molecular weight excluding hydrogens is 132 g/mol. The Labute approximate surface area is 60.3 Å². The summed E-state index contributed by atoms with van der Waals surface area (Å²) in [5.74, 6) is -0.930. The standard InChI is InChI=1S/C7H12O3/c1-4-7(3)9-5(2)6(8)10-7/h5H,4H2,1-3H3/t5-,7?/m0/s1. The van der Waals surface area contributed by atoms with Crippen LogP contribution in [0.15, 0.2) is 0 Å². The molecule has 0 aromatic heterocycles. The van der Waals surface area contributed by atoms with Gasteiger partial charge in [0, 0.05) is 13.3 Å². The number of cyclic esters (lactones) is 1. The van der Waals surface area contributed by atoms with Gasteiger partial charge in [0.05, 0.1) is 0 Å². The smallest absolute Gasteiger partial charge is 0.337 e. The van der Waals surface area contributed by atoms with Crippen molar-refractivity contribution in [2.45, 2.75) is 39.1 Å². The Balaban J connectivity index is 2.64. The van der Waals surface area contributed by atoms with E-state index in [0.29, 0.717) is 6.42 Å². The van der Waals surface area contributed by atoms with Gasteiger partial charge >= 0.3 is 5.97 Å². The van der Waals surface area contributed by atoms with Crippen LogP contribution in [0, 0.1) is 0 Å². The maximum atomic E-state index is 10.8. The summed E-state index contributed by atoms with van der Waals surface area (Å²) in [5.41, 5.74) is 0. The summed E-state index contributed by atoms with van der Waals surface area (Å²) in [6.45, 7) is 5.39. The van der Waals surface area contributed by atoms with Gasteiger partial charge in [0.25, 0.3) is 0 Å². The summed E-state index contributed by atoms with van der Waals surface area (Å²) in [4.78, 5) is 10.8. The summed E-state index contributed by atoms with van der Waals surface area (Å²) in [5, 5.41) is 0. The van der Waals surface area contributed by atoms with Crippen molar-refractivity contribution in [3.63, 3.8) is 0 Å². The molecule has 3 heteroatoms. The molecule has 3 nitrogen and oxygen atoms in total. The van der Waals surface area contributed by atoms with E-state index in [1.54, 1.807) is 13.8 Å². The lowest BCUT2D eigenvalue weighted by Crippen LogP contribution is -2.24. The van der Waals surface area contributed by atoms with Gasteiger partial charge in [0.1, 0.15) is 0 Å². The molecule has 0 N–H and O–H groups in total. The molecule has 0 aliphatic carbocycles. The van der Waals surface area contributed by atoms with Crippen LogP contribution in [0.3, 0.4) is 0 Å². The Morgan fingerprint density at radius 2 is 2.30 bits per heavy atom. The van der Waals surface area contributed by atoms with Crippen molar-refractivity contribution in [3.05, 3.63) is 0 Å². The van der Waals surface area contributed by atoms with Crippen molar-refractivity contribution < 1.29 is 14.3 Å². The normalized spacial score (nSPS) is 39.9. The first-order valence-corrected chi connectivity index (χ1v) is 3.48. The molecule has 0 radical (unpaired) electrons. The van der Waals surface area contributed by atoms with E-state index in [0.717, 1.165) is 0 Å². The first-order valence-electron chi connectivity index (χ1n) is 3.48. The van der Waals surface area contributed by atoms with Crippen molar-refractivity contribution >= 4 is 5.97 Å². The van der Waals surface area contributed by atoms with Crippen LogP contribution < -0.4 is 0 Å². The molecule has 1 aliphatic rings. The van der Waals surface area contributed by atoms with Gasteiger partial charge in [-0.2, -0.15) is 0 Å². The van der Waals surface area contributed by atoms with E-state index in [-0.39, 0.29) is 5.97 Å². The van der Waals surface area contributed by atoms with Gasteiger partial charge in [-0.05, 0) is 6.92 Å². The highest BCUT2D eigenvalue weighted by atomic mass is 16.8. The summed E-state index contributed by atoms with van der Waals surface area (Å²) in [6, 6.07) is 0. The highest BCUT2D eigenvalue weighted by molar-refractivity contribution is 5.76. The third-order valence-electron chi connectivity index (χ3n) is 1.72. The molecule has 1 heterocycles. The van der Waals surface area contributed by atoms with E-state index in [1.807, 2.05) is 6.92 Å².